The first-order chi connectivity index (χ1) is 7.13. The summed E-state index contributed by atoms with van der Waals surface area (Å²) in [6, 6.07) is 7.89. The molecular weight excluding hydrogens is 188 g/mol. The fourth-order valence-corrected chi connectivity index (χ4v) is 1.62. The third-order valence-electron chi connectivity index (χ3n) is 2.43. The molecule has 0 aliphatic heterocycles. The number of hydrogen-bond acceptors (Lipinski definition) is 3. The van der Waals surface area contributed by atoms with Gasteiger partial charge in [0, 0.05) is 25.4 Å². The summed E-state index contributed by atoms with van der Waals surface area (Å²) in [4.78, 5) is 2.17. The first-order valence-electron chi connectivity index (χ1n) is 5.26. The lowest BCUT2D eigenvalue weighted by atomic mass is 10.1. The van der Waals surface area contributed by atoms with E-state index in [9.17, 15) is 0 Å². The highest BCUT2D eigenvalue weighted by Gasteiger charge is 2.07. The van der Waals surface area contributed by atoms with Crippen molar-refractivity contribution in [2.24, 2.45) is 5.92 Å². The van der Waals surface area contributed by atoms with Crippen molar-refractivity contribution in [2.45, 2.75) is 13.5 Å². The first kappa shape index (κ1) is 12.0. The van der Waals surface area contributed by atoms with Gasteiger partial charge in [0.2, 0.25) is 0 Å². The van der Waals surface area contributed by atoms with E-state index < -0.39 is 0 Å². The summed E-state index contributed by atoms with van der Waals surface area (Å²) in [5.74, 6) is 0.305. The lowest BCUT2D eigenvalue weighted by molar-refractivity contribution is 0.188. The number of benzene rings is 1. The van der Waals surface area contributed by atoms with E-state index in [0.29, 0.717) is 5.92 Å². The van der Waals surface area contributed by atoms with Crippen LogP contribution in [0.3, 0.4) is 0 Å². The summed E-state index contributed by atoms with van der Waals surface area (Å²) in [5, 5.41) is 8.95. The van der Waals surface area contributed by atoms with Gasteiger partial charge >= 0.3 is 0 Å². The van der Waals surface area contributed by atoms with Gasteiger partial charge in [-0.05, 0) is 24.6 Å². The van der Waals surface area contributed by atoms with E-state index in [0.717, 1.165) is 24.3 Å². The largest absolute Gasteiger partial charge is 0.398 e. The van der Waals surface area contributed by atoms with Crippen molar-refractivity contribution >= 4 is 5.69 Å². The molecule has 1 aromatic carbocycles. The molecule has 1 rings (SSSR count). The highest BCUT2D eigenvalue weighted by Crippen LogP contribution is 2.13. The van der Waals surface area contributed by atoms with Crippen LogP contribution in [0.5, 0.6) is 0 Å². The van der Waals surface area contributed by atoms with Crippen molar-refractivity contribution < 1.29 is 5.11 Å². The van der Waals surface area contributed by atoms with Crippen LogP contribution < -0.4 is 5.73 Å². The molecule has 0 aromatic heterocycles. The van der Waals surface area contributed by atoms with Gasteiger partial charge in [-0.25, -0.2) is 0 Å². The molecule has 3 nitrogen and oxygen atoms in total. The van der Waals surface area contributed by atoms with E-state index >= 15 is 0 Å². The fourth-order valence-electron chi connectivity index (χ4n) is 1.62. The maximum absolute atomic E-state index is 8.95. The molecule has 15 heavy (non-hydrogen) atoms. The van der Waals surface area contributed by atoms with E-state index in [1.54, 1.807) is 0 Å². The first-order valence-corrected chi connectivity index (χ1v) is 5.26. The SMILES string of the molecule is CC(CO)CN(C)Cc1ccccc1N. The normalized spacial score (nSPS) is 13.1. The van der Waals surface area contributed by atoms with Crippen LogP contribution in [0.4, 0.5) is 5.69 Å². The molecule has 0 saturated carbocycles. The van der Waals surface area contributed by atoms with E-state index in [-0.39, 0.29) is 6.61 Å². The van der Waals surface area contributed by atoms with Gasteiger partial charge in [0.25, 0.3) is 0 Å². The number of aliphatic hydroxyl groups excluding tert-OH is 1. The van der Waals surface area contributed by atoms with Gasteiger partial charge in [-0.1, -0.05) is 25.1 Å². The third-order valence-corrected chi connectivity index (χ3v) is 2.43. The molecule has 0 aliphatic rings. The average molecular weight is 208 g/mol. The predicted molar refractivity (Wildman–Crippen MR) is 63.4 cm³/mol. The van der Waals surface area contributed by atoms with Gasteiger partial charge in [0.05, 0.1) is 0 Å². The number of para-hydroxylation sites is 1. The number of nitrogens with zero attached hydrogens (tertiary/aromatic N) is 1. The molecule has 0 spiro atoms. The Kier molecular flexibility index (Phi) is 4.59. The van der Waals surface area contributed by atoms with Gasteiger partial charge in [0.15, 0.2) is 0 Å². The summed E-state index contributed by atoms with van der Waals surface area (Å²) in [5.41, 5.74) is 7.83. The Bertz CT molecular complexity index is 301. The summed E-state index contributed by atoms with van der Waals surface area (Å²) in [7, 11) is 2.04. The molecule has 0 aliphatic carbocycles. The minimum atomic E-state index is 0.231. The van der Waals surface area contributed by atoms with Crippen LogP contribution >= 0.6 is 0 Å². The minimum Gasteiger partial charge on any atom is -0.398 e. The lowest BCUT2D eigenvalue weighted by Gasteiger charge is -2.20. The standard InChI is InChI=1S/C12H20N2O/c1-10(9-15)7-14(2)8-11-5-3-4-6-12(11)13/h3-6,10,15H,7-9,13H2,1-2H3. The van der Waals surface area contributed by atoms with E-state index in [2.05, 4.69) is 4.90 Å². The Balaban J connectivity index is 2.51. The number of hydrogen-bond donors (Lipinski definition) is 2. The van der Waals surface area contributed by atoms with Crippen LogP contribution in [0.1, 0.15) is 12.5 Å². The smallest absolute Gasteiger partial charge is 0.0468 e. The number of aliphatic hydroxyl groups is 1. The number of anilines is 1. The molecule has 1 atom stereocenters. The van der Waals surface area contributed by atoms with Crippen LogP contribution in [-0.4, -0.2) is 30.2 Å². The molecule has 0 heterocycles. The van der Waals surface area contributed by atoms with Gasteiger partial charge < -0.3 is 15.7 Å². The molecule has 0 amide bonds. The van der Waals surface area contributed by atoms with Gasteiger partial charge in [-0.15, -0.1) is 0 Å². The highest BCUT2D eigenvalue weighted by atomic mass is 16.3. The Morgan fingerprint density at radius 3 is 2.67 bits per heavy atom. The van der Waals surface area contributed by atoms with Crippen molar-refractivity contribution in [1.29, 1.82) is 0 Å². The van der Waals surface area contributed by atoms with Crippen LogP contribution in [0.25, 0.3) is 0 Å². The van der Waals surface area contributed by atoms with Crippen molar-refractivity contribution in [2.75, 3.05) is 25.9 Å². The molecule has 3 heteroatoms. The maximum atomic E-state index is 8.95. The maximum Gasteiger partial charge on any atom is 0.0468 e. The van der Waals surface area contributed by atoms with Crippen LogP contribution in [0.2, 0.25) is 0 Å². The Hall–Kier alpha value is -1.06. The van der Waals surface area contributed by atoms with Crippen LogP contribution in [-0.2, 0) is 6.54 Å². The van der Waals surface area contributed by atoms with Gasteiger partial charge in [-0.3, -0.25) is 0 Å². The Morgan fingerprint density at radius 1 is 1.40 bits per heavy atom. The second-order valence-corrected chi connectivity index (χ2v) is 4.18. The molecule has 0 bridgehead atoms. The summed E-state index contributed by atoms with van der Waals surface area (Å²) >= 11 is 0. The second kappa shape index (κ2) is 5.73. The molecule has 84 valence electrons. The van der Waals surface area contributed by atoms with Crippen molar-refractivity contribution in [3.8, 4) is 0 Å². The van der Waals surface area contributed by atoms with Gasteiger partial charge in [0.1, 0.15) is 0 Å². The third kappa shape index (κ3) is 3.90. The average Bonchev–Trinajstić information content (AvgIpc) is 2.21. The molecule has 0 saturated heterocycles. The van der Waals surface area contributed by atoms with Crippen molar-refractivity contribution in [1.82, 2.24) is 4.90 Å². The lowest BCUT2D eigenvalue weighted by Crippen LogP contribution is -2.26. The molecule has 1 aromatic rings. The molecule has 1 unspecified atom stereocenters. The number of rotatable bonds is 5. The molecule has 3 N–H and O–H groups in total. The Labute approximate surface area is 91.5 Å². The van der Waals surface area contributed by atoms with Gasteiger partial charge in [-0.2, -0.15) is 0 Å². The topological polar surface area (TPSA) is 49.5 Å². The number of nitrogens with two attached hydrogens (primary N) is 1. The summed E-state index contributed by atoms with van der Waals surface area (Å²) < 4.78 is 0. The Morgan fingerprint density at radius 2 is 2.07 bits per heavy atom. The monoisotopic (exact) mass is 208 g/mol. The van der Waals surface area contributed by atoms with Crippen LogP contribution in [0, 0.1) is 5.92 Å². The molecular formula is C12H20N2O. The zero-order valence-electron chi connectivity index (χ0n) is 9.48. The highest BCUT2D eigenvalue weighted by molar-refractivity contribution is 5.46. The van der Waals surface area contributed by atoms with Crippen LogP contribution in [0.15, 0.2) is 24.3 Å². The van der Waals surface area contributed by atoms with Crippen molar-refractivity contribution in [3.63, 3.8) is 0 Å². The summed E-state index contributed by atoms with van der Waals surface area (Å²) in [6.45, 7) is 3.97. The molecule has 0 radical (unpaired) electrons. The van der Waals surface area contributed by atoms with E-state index in [1.807, 2.05) is 38.2 Å². The minimum absolute atomic E-state index is 0.231. The second-order valence-electron chi connectivity index (χ2n) is 4.18. The zero-order chi connectivity index (χ0) is 11.3. The quantitative estimate of drug-likeness (QED) is 0.718. The molecule has 0 fully saturated rings. The predicted octanol–water partition coefficient (Wildman–Crippen LogP) is 1.33. The van der Waals surface area contributed by atoms with Crippen molar-refractivity contribution in [3.05, 3.63) is 29.8 Å². The number of nitrogen functional groups attached to an aromatic ring is 1. The summed E-state index contributed by atoms with van der Waals surface area (Å²) in [6.07, 6.45) is 0. The fraction of sp³-hybridized carbons (Fsp3) is 0.500. The zero-order valence-corrected chi connectivity index (χ0v) is 9.48. The van der Waals surface area contributed by atoms with E-state index in [1.165, 1.54) is 0 Å². The van der Waals surface area contributed by atoms with E-state index in [4.69, 9.17) is 10.8 Å².